The second kappa shape index (κ2) is 8.07. The maximum Gasteiger partial charge on any atom is 0.159 e. The number of hydrogen-bond acceptors (Lipinski definition) is 2. The maximum atomic E-state index is 10.8. The summed E-state index contributed by atoms with van der Waals surface area (Å²) in [6.07, 6.45) is 6.59. The van der Waals surface area contributed by atoms with Gasteiger partial charge in [-0.3, -0.25) is 9.59 Å². The molecule has 1 fully saturated rings. The van der Waals surface area contributed by atoms with Crippen molar-refractivity contribution in [1.29, 1.82) is 0 Å². The molecule has 0 aromatic heterocycles. The summed E-state index contributed by atoms with van der Waals surface area (Å²) in [5, 5.41) is 0. The summed E-state index contributed by atoms with van der Waals surface area (Å²) < 4.78 is 0. The van der Waals surface area contributed by atoms with Crippen LogP contribution >= 0.6 is 0 Å². The number of benzene rings is 1. The number of carbonyl (C=O) groups excluding carboxylic acids is 2. The Kier molecular flexibility index (Phi) is 6.73. The fourth-order valence-electron chi connectivity index (χ4n) is 2.78. The maximum absolute atomic E-state index is 10.8. The van der Waals surface area contributed by atoms with E-state index in [1.807, 2.05) is 37.3 Å². The molecule has 1 aromatic carbocycles. The zero-order valence-corrected chi connectivity index (χ0v) is 14.5. The predicted molar refractivity (Wildman–Crippen MR) is 92.2 cm³/mol. The van der Waals surface area contributed by atoms with Crippen molar-refractivity contribution in [3.63, 3.8) is 0 Å². The molecule has 0 heterocycles. The first kappa shape index (κ1) is 18.3. The molecule has 2 heteroatoms. The minimum absolute atomic E-state index is 0.125. The monoisotopic (exact) mass is 300 g/mol. The molecule has 0 radical (unpaired) electrons. The molecule has 120 valence electrons. The number of Topliss-reactive ketones (excluding diaryl/α,β-unsaturated/α-hetero) is 1. The summed E-state index contributed by atoms with van der Waals surface area (Å²) in [4.78, 5) is 21.6. The van der Waals surface area contributed by atoms with Gasteiger partial charge in [-0.15, -0.1) is 0 Å². The molecular weight excluding hydrogens is 272 g/mol. The van der Waals surface area contributed by atoms with Crippen molar-refractivity contribution >= 4 is 11.6 Å². The molecule has 2 rings (SSSR count). The number of allylic oxidation sites excluding steroid dienone is 2. The third-order valence-corrected chi connectivity index (χ3v) is 3.92. The van der Waals surface area contributed by atoms with Gasteiger partial charge >= 0.3 is 0 Å². The van der Waals surface area contributed by atoms with Crippen LogP contribution in [0.3, 0.4) is 0 Å². The standard InChI is InChI=1S/C11H18O.C9H10O/c1-9(12)7-10-5-4-6-11(2,3)8-10;1-7-3-5-9(6-4-7)8(2)10/h7H,4-6,8H2,1-3H3;3-6H,1-2H3/b10-7+;. The minimum Gasteiger partial charge on any atom is -0.295 e. The summed E-state index contributed by atoms with van der Waals surface area (Å²) in [6, 6.07) is 7.57. The van der Waals surface area contributed by atoms with Gasteiger partial charge in [0, 0.05) is 5.56 Å². The van der Waals surface area contributed by atoms with Gasteiger partial charge < -0.3 is 0 Å². The number of rotatable bonds is 2. The van der Waals surface area contributed by atoms with Crippen LogP contribution in [0.5, 0.6) is 0 Å². The van der Waals surface area contributed by atoms with Gasteiger partial charge in [-0.1, -0.05) is 49.2 Å². The number of aryl methyl sites for hydroxylation is 1. The van der Waals surface area contributed by atoms with Crippen molar-refractivity contribution in [3.8, 4) is 0 Å². The van der Waals surface area contributed by atoms with Crippen LogP contribution in [0.25, 0.3) is 0 Å². The van der Waals surface area contributed by atoms with E-state index in [1.54, 1.807) is 13.8 Å². The zero-order chi connectivity index (χ0) is 16.8. The summed E-state index contributed by atoms with van der Waals surface area (Å²) >= 11 is 0. The Balaban J connectivity index is 0.000000224. The molecule has 0 saturated heterocycles. The van der Waals surface area contributed by atoms with E-state index < -0.39 is 0 Å². The van der Waals surface area contributed by atoms with Crippen molar-refractivity contribution < 1.29 is 9.59 Å². The Bertz CT molecular complexity index is 548. The molecule has 1 saturated carbocycles. The van der Waals surface area contributed by atoms with E-state index in [0.717, 1.165) is 18.4 Å². The summed E-state index contributed by atoms with van der Waals surface area (Å²) in [6.45, 7) is 9.77. The van der Waals surface area contributed by atoms with Crippen LogP contribution in [0.2, 0.25) is 0 Å². The molecule has 2 nitrogen and oxygen atoms in total. The van der Waals surface area contributed by atoms with Crippen LogP contribution in [-0.2, 0) is 4.79 Å². The fraction of sp³-hybridized carbons (Fsp3) is 0.500. The lowest BCUT2D eigenvalue weighted by atomic mass is 9.75. The predicted octanol–water partition coefficient (Wildman–Crippen LogP) is 5.30. The van der Waals surface area contributed by atoms with Crippen molar-refractivity contribution in [3.05, 3.63) is 47.0 Å². The van der Waals surface area contributed by atoms with E-state index >= 15 is 0 Å². The number of hydrogen-bond donors (Lipinski definition) is 0. The molecule has 0 amide bonds. The summed E-state index contributed by atoms with van der Waals surface area (Å²) in [5.41, 5.74) is 3.73. The van der Waals surface area contributed by atoms with Gasteiger partial charge in [0.25, 0.3) is 0 Å². The van der Waals surface area contributed by atoms with Crippen molar-refractivity contribution in [1.82, 2.24) is 0 Å². The highest BCUT2D eigenvalue weighted by atomic mass is 16.1. The Hall–Kier alpha value is -1.70. The van der Waals surface area contributed by atoms with Crippen LogP contribution in [0.1, 0.15) is 69.3 Å². The molecule has 22 heavy (non-hydrogen) atoms. The minimum atomic E-state index is 0.125. The van der Waals surface area contributed by atoms with Crippen molar-refractivity contribution in [2.24, 2.45) is 5.41 Å². The van der Waals surface area contributed by atoms with E-state index in [-0.39, 0.29) is 11.6 Å². The van der Waals surface area contributed by atoms with Crippen LogP contribution in [0.4, 0.5) is 0 Å². The molecule has 0 atom stereocenters. The highest BCUT2D eigenvalue weighted by molar-refractivity contribution is 5.94. The van der Waals surface area contributed by atoms with Gasteiger partial charge in [0.2, 0.25) is 0 Å². The number of carbonyl (C=O) groups is 2. The van der Waals surface area contributed by atoms with Gasteiger partial charge in [0.15, 0.2) is 11.6 Å². The smallest absolute Gasteiger partial charge is 0.159 e. The van der Waals surface area contributed by atoms with E-state index in [4.69, 9.17) is 0 Å². The average molecular weight is 300 g/mol. The highest BCUT2D eigenvalue weighted by Gasteiger charge is 2.23. The lowest BCUT2D eigenvalue weighted by molar-refractivity contribution is -0.112. The summed E-state index contributed by atoms with van der Waals surface area (Å²) in [7, 11) is 0. The first-order chi connectivity index (χ1) is 10.2. The molecular formula is C20H28O2. The van der Waals surface area contributed by atoms with Crippen LogP contribution in [0.15, 0.2) is 35.9 Å². The van der Waals surface area contributed by atoms with Crippen molar-refractivity contribution in [2.45, 2.75) is 60.3 Å². The van der Waals surface area contributed by atoms with Crippen LogP contribution in [0, 0.1) is 12.3 Å². The third-order valence-electron chi connectivity index (χ3n) is 3.92. The Morgan fingerprint density at radius 3 is 2.14 bits per heavy atom. The third kappa shape index (κ3) is 6.84. The van der Waals surface area contributed by atoms with Gasteiger partial charge in [0.1, 0.15) is 0 Å². The highest BCUT2D eigenvalue weighted by Crippen LogP contribution is 2.37. The molecule has 0 aliphatic heterocycles. The zero-order valence-electron chi connectivity index (χ0n) is 14.5. The SMILES string of the molecule is CC(=O)/C=C1\CCCC(C)(C)C1.CC(=O)c1ccc(C)cc1. The van der Waals surface area contributed by atoms with Gasteiger partial charge in [-0.05, 0) is 57.9 Å². The lowest BCUT2D eigenvalue weighted by Crippen LogP contribution is -2.17. The van der Waals surface area contributed by atoms with Gasteiger partial charge in [0.05, 0.1) is 0 Å². The van der Waals surface area contributed by atoms with E-state index in [9.17, 15) is 9.59 Å². The summed E-state index contributed by atoms with van der Waals surface area (Å²) in [5.74, 6) is 0.322. The Morgan fingerprint density at radius 1 is 1.09 bits per heavy atom. The quantitative estimate of drug-likeness (QED) is 0.548. The molecule has 1 aliphatic carbocycles. The molecule has 0 spiro atoms. The van der Waals surface area contributed by atoms with Gasteiger partial charge in [-0.2, -0.15) is 0 Å². The molecule has 1 aromatic rings. The normalized spacial score (nSPS) is 18.3. The lowest BCUT2D eigenvalue weighted by Gasteiger charge is -2.31. The molecule has 0 N–H and O–H groups in total. The van der Waals surface area contributed by atoms with Crippen molar-refractivity contribution in [2.75, 3.05) is 0 Å². The first-order valence-electron chi connectivity index (χ1n) is 7.97. The fourth-order valence-corrected chi connectivity index (χ4v) is 2.78. The molecule has 1 aliphatic rings. The molecule has 0 unspecified atom stereocenters. The van der Waals surface area contributed by atoms with E-state index in [2.05, 4.69) is 13.8 Å². The largest absolute Gasteiger partial charge is 0.295 e. The first-order valence-corrected chi connectivity index (χ1v) is 7.97. The van der Waals surface area contributed by atoms with E-state index in [0.29, 0.717) is 5.41 Å². The number of ketones is 2. The topological polar surface area (TPSA) is 34.1 Å². The Morgan fingerprint density at radius 2 is 1.68 bits per heavy atom. The average Bonchev–Trinajstić information content (AvgIpc) is 2.38. The van der Waals surface area contributed by atoms with Crippen LogP contribution < -0.4 is 0 Å². The second-order valence-corrected chi connectivity index (χ2v) is 7.03. The molecule has 0 bridgehead atoms. The van der Waals surface area contributed by atoms with Crippen LogP contribution in [-0.4, -0.2) is 11.6 Å². The Labute approximate surface area is 134 Å². The van der Waals surface area contributed by atoms with E-state index in [1.165, 1.54) is 24.0 Å². The second-order valence-electron chi connectivity index (χ2n) is 7.03. The van der Waals surface area contributed by atoms with Gasteiger partial charge in [-0.25, -0.2) is 0 Å².